The minimum absolute atomic E-state index is 0.259. The normalized spacial score (nSPS) is 11.3. The van der Waals surface area contributed by atoms with Gasteiger partial charge in [-0.15, -0.1) is 0 Å². The van der Waals surface area contributed by atoms with Crippen LogP contribution in [-0.2, 0) is 7.05 Å². The topological polar surface area (TPSA) is 59.6 Å². The van der Waals surface area contributed by atoms with Gasteiger partial charge in [-0.1, -0.05) is 12.1 Å². The van der Waals surface area contributed by atoms with Gasteiger partial charge in [-0.2, -0.15) is 5.10 Å². The molecule has 0 atom stereocenters. The van der Waals surface area contributed by atoms with Crippen molar-refractivity contribution in [1.82, 2.24) is 14.8 Å². The molecule has 18 heavy (non-hydrogen) atoms. The number of benzene rings is 1. The standard InChI is InChI=1S/C13H13FN4/c1-7-12(10-6-11(15)18(2)17-10)8-4-3-5-9(14)13(8)16-7/h3-6,16H,15H2,1-2H3. The summed E-state index contributed by atoms with van der Waals surface area (Å²) in [6.45, 7) is 1.90. The number of halogens is 1. The number of hydrogen-bond donors (Lipinski definition) is 2. The lowest BCUT2D eigenvalue weighted by molar-refractivity contribution is 0.637. The second kappa shape index (κ2) is 3.60. The molecule has 1 aromatic carbocycles. The second-order valence-corrected chi connectivity index (χ2v) is 4.37. The number of fused-ring (bicyclic) bond motifs is 1. The van der Waals surface area contributed by atoms with Crippen molar-refractivity contribution in [2.45, 2.75) is 6.92 Å². The maximum atomic E-state index is 13.7. The van der Waals surface area contributed by atoms with E-state index >= 15 is 0 Å². The zero-order chi connectivity index (χ0) is 12.9. The number of rotatable bonds is 1. The lowest BCUT2D eigenvalue weighted by Gasteiger charge is -1.96. The molecule has 2 aromatic heterocycles. The Labute approximate surface area is 103 Å². The van der Waals surface area contributed by atoms with E-state index in [4.69, 9.17) is 5.73 Å². The van der Waals surface area contributed by atoms with Crippen molar-refractivity contribution >= 4 is 16.7 Å². The number of aryl methyl sites for hydroxylation is 2. The fraction of sp³-hybridized carbons (Fsp3) is 0.154. The summed E-state index contributed by atoms with van der Waals surface area (Å²) in [5, 5.41) is 5.17. The Kier molecular flexibility index (Phi) is 2.16. The number of para-hydroxylation sites is 1. The molecular formula is C13H13FN4. The van der Waals surface area contributed by atoms with E-state index in [0.29, 0.717) is 11.3 Å². The quantitative estimate of drug-likeness (QED) is 0.691. The number of aromatic nitrogens is 3. The summed E-state index contributed by atoms with van der Waals surface area (Å²) in [5.41, 5.74) is 8.83. The summed E-state index contributed by atoms with van der Waals surface area (Å²) < 4.78 is 15.3. The van der Waals surface area contributed by atoms with Gasteiger partial charge in [0.15, 0.2) is 0 Å². The number of nitrogens with one attached hydrogen (secondary N) is 1. The fourth-order valence-electron chi connectivity index (χ4n) is 2.25. The number of hydrogen-bond acceptors (Lipinski definition) is 2. The van der Waals surface area contributed by atoms with Gasteiger partial charge in [0.25, 0.3) is 0 Å². The van der Waals surface area contributed by atoms with E-state index in [0.717, 1.165) is 22.3 Å². The Hall–Kier alpha value is -2.30. The number of nitrogen functional groups attached to an aromatic ring is 1. The minimum atomic E-state index is -0.259. The second-order valence-electron chi connectivity index (χ2n) is 4.37. The average molecular weight is 244 g/mol. The van der Waals surface area contributed by atoms with Crippen LogP contribution in [-0.4, -0.2) is 14.8 Å². The summed E-state index contributed by atoms with van der Waals surface area (Å²) in [6, 6.07) is 6.80. The third kappa shape index (κ3) is 1.40. The lowest BCUT2D eigenvalue weighted by Crippen LogP contribution is -1.96. The first-order valence-electron chi connectivity index (χ1n) is 5.64. The van der Waals surface area contributed by atoms with Gasteiger partial charge < -0.3 is 10.7 Å². The predicted molar refractivity (Wildman–Crippen MR) is 69.6 cm³/mol. The van der Waals surface area contributed by atoms with Crippen LogP contribution in [0.5, 0.6) is 0 Å². The monoisotopic (exact) mass is 244 g/mol. The first kappa shape index (κ1) is 10.8. The van der Waals surface area contributed by atoms with E-state index in [1.54, 1.807) is 23.9 Å². The van der Waals surface area contributed by atoms with Gasteiger partial charge in [-0.05, 0) is 13.0 Å². The first-order chi connectivity index (χ1) is 8.58. The molecule has 0 aliphatic rings. The maximum absolute atomic E-state index is 13.7. The summed E-state index contributed by atoms with van der Waals surface area (Å²) in [6.07, 6.45) is 0. The van der Waals surface area contributed by atoms with Gasteiger partial charge in [0.1, 0.15) is 11.6 Å². The molecule has 0 aliphatic heterocycles. The lowest BCUT2D eigenvalue weighted by atomic mass is 10.1. The van der Waals surface area contributed by atoms with Crippen molar-refractivity contribution in [2.24, 2.45) is 7.05 Å². The maximum Gasteiger partial charge on any atom is 0.147 e. The van der Waals surface area contributed by atoms with E-state index in [2.05, 4.69) is 10.1 Å². The van der Waals surface area contributed by atoms with Crippen LogP contribution in [0, 0.1) is 12.7 Å². The Balaban J connectivity index is 2.35. The summed E-state index contributed by atoms with van der Waals surface area (Å²) in [7, 11) is 1.78. The van der Waals surface area contributed by atoms with Crippen molar-refractivity contribution in [2.75, 3.05) is 5.73 Å². The van der Waals surface area contributed by atoms with Crippen LogP contribution >= 0.6 is 0 Å². The van der Waals surface area contributed by atoms with Crippen LogP contribution in [0.2, 0.25) is 0 Å². The molecule has 5 heteroatoms. The number of aromatic amines is 1. The smallest absolute Gasteiger partial charge is 0.147 e. The number of anilines is 1. The van der Waals surface area contributed by atoms with Crippen LogP contribution in [0.25, 0.3) is 22.2 Å². The molecule has 0 radical (unpaired) electrons. The number of H-pyrrole nitrogens is 1. The van der Waals surface area contributed by atoms with Crippen LogP contribution in [0.4, 0.5) is 10.2 Å². The average Bonchev–Trinajstić information content (AvgIpc) is 2.81. The molecule has 3 aromatic rings. The summed E-state index contributed by atoms with van der Waals surface area (Å²) >= 11 is 0. The van der Waals surface area contributed by atoms with E-state index in [9.17, 15) is 4.39 Å². The molecule has 0 saturated heterocycles. The van der Waals surface area contributed by atoms with Crippen LogP contribution in [0.15, 0.2) is 24.3 Å². The summed E-state index contributed by atoms with van der Waals surface area (Å²) in [4.78, 5) is 3.06. The molecule has 0 fully saturated rings. The van der Waals surface area contributed by atoms with Crippen LogP contribution in [0.3, 0.4) is 0 Å². The van der Waals surface area contributed by atoms with Gasteiger partial charge >= 0.3 is 0 Å². The minimum Gasteiger partial charge on any atom is -0.384 e. The van der Waals surface area contributed by atoms with E-state index in [1.807, 2.05) is 13.0 Å². The third-order valence-corrected chi connectivity index (χ3v) is 3.14. The molecule has 2 heterocycles. The van der Waals surface area contributed by atoms with Crippen molar-refractivity contribution < 1.29 is 4.39 Å². The van der Waals surface area contributed by atoms with Crippen LogP contribution < -0.4 is 5.73 Å². The highest BCUT2D eigenvalue weighted by molar-refractivity contribution is 5.97. The zero-order valence-corrected chi connectivity index (χ0v) is 10.2. The molecule has 0 unspecified atom stereocenters. The van der Waals surface area contributed by atoms with Gasteiger partial charge in [0.2, 0.25) is 0 Å². The molecule has 0 amide bonds. The van der Waals surface area contributed by atoms with Gasteiger partial charge in [-0.25, -0.2) is 4.39 Å². The first-order valence-corrected chi connectivity index (χ1v) is 5.64. The fourth-order valence-corrected chi connectivity index (χ4v) is 2.25. The Morgan fingerprint density at radius 3 is 2.83 bits per heavy atom. The zero-order valence-electron chi connectivity index (χ0n) is 10.2. The van der Waals surface area contributed by atoms with E-state index < -0.39 is 0 Å². The Bertz CT molecular complexity index is 719. The SMILES string of the molecule is Cc1[nH]c2c(F)cccc2c1-c1cc(N)n(C)n1. The molecule has 92 valence electrons. The van der Waals surface area contributed by atoms with Crippen molar-refractivity contribution in [3.8, 4) is 11.3 Å². The molecule has 0 aliphatic carbocycles. The van der Waals surface area contributed by atoms with Gasteiger partial charge in [0, 0.05) is 29.8 Å². The predicted octanol–water partition coefficient (Wildman–Crippen LogP) is 2.60. The Morgan fingerprint density at radius 1 is 1.39 bits per heavy atom. The number of nitrogens with zero attached hydrogens (tertiary/aromatic N) is 2. The molecular weight excluding hydrogens is 231 g/mol. The molecule has 0 saturated carbocycles. The van der Waals surface area contributed by atoms with Gasteiger partial charge in [-0.3, -0.25) is 4.68 Å². The highest BCUT2D eigenvalue weighted by Gasteiger charge is 2.15. The highest BCUT2D eigenvalue weighted by Crippen LogP contribution is 2.32. The molecule has 0 spiro atoms. The van der Waals surface area contributed by atoms with E-state index in [1.165, 1.54) is 6.07 Å². The number of nitrogens with two attached hydrogens (primary N) is 1. The van der Waals surface area contributed by atoms with Crippen molar-refractivity contribution in [3.63, 3.8) is 0 Å². The molecule has 3 N–H and O–H groups in total. The van der Waals surface area contributed by atoms with Crippen molar-refractivity contribution in [3.05, 3.63) is 35.8 Å². The van der Waals surface area contributed by atoms with Crippen molar-refractivity contribution in [1.29, 1.82) is 0 Å². The Morgan fingerprint density at radius 2 is 2.17 bits per heavy atom. The van der Waals surface area contributed by atoms with Crippen LogP contribution in [0.1, 0.15) is 5.69 Å². The molecule has 3 rings (SSSR count). The largest absolute Gasteiger partial charge is 0.384 e. The molecule has 0 bridgehead atoms. The summed E-state index contributed by atoms with van der Waals surface area (Å²) in [5.74, 6) is 0.320. The van der Waals surface area contributed by atoms with E-state index in [-0.39, 0.29) is 5.82 Å². The third-order valence-electron chi connectivity index (χ3n) is 3.14. The van der Waals surface area contributed by atoms with Gasteiger partial charge in [0.05, 0.1) is 11.2 Å². The highest BCUT2D eigenvalue weighted by atomic mass is 19.1. The molecule has 4 nitrogen and oxygen atoms in total.